The average molecular weight is 382 g/mol. The summed E-state index contributed by atoms with van der Waals surface area (Å²) in [7, 11) is -3.74. The molecule has 2 aromatic rings. The number of carbonyl (C=O) groups excluding carboxylic acids is 2. The molecule has 3 amide bonds. The van der Waals surface area contributed by atoms with Gasteiger partial charge in [0.05, 0.1) is 19.0 Å². The Kier molecular flexibility index (Phi) is 6.12. The van der Waals surface area contributed by atoms with Crippen LogP contribution >= 0.6 is 11.3 Å². The van der Waals surface area contributed by atoms with Gasteiger partial charge in [0.2, 0.25) is 15.9 Å². The van der Waals surface area contributed by atoms with E-state index in [0.717, 1.165) is 16.9 Å². The Morgan fingerprint density at radius 3 is 2.36 bits per heavy atom. The molecule has 2 rings (SSSR count). The molecular weight excluding hydrogens is 364 g/mol. The second-order valence-corrected chi connectivity index (χ2v) is 8.18. The van der Waals surface area contributed by atoms with Gasteiger partial charge in [-0.15, -0.1) is 11.3 Å². The third-order valence-electron chi connectivity index (χ3n) is 3.29. The number of benzene rings is 1. The second-order valence-electron chi connectivity index (χ2n) is 5.22. The summed E-state index contributed by atoms with van der Waals surface area (Å²) < 4.78 is 22.5. The van der Waals surface area contributed by atoms with Crippen molar-refractivity contribution in [3.63, 3.8) is 0 Å². The first kappa shape index (κ1) is 18.9. The number of urea groups is 1. The van der Waals surface area contributed by atoms with E-state index in [4.69, 9.17) is 10.9 Å². The number of primary sulfonamides is 1. The number of primary amides is 1. The lowest BCUT2D eigenvalue weighted by Crippen LogP contribution is -2.36. The molecule has 6 N–H and O–H groups in total. The van der Waals surface area contributed by atoms with Crippen LogP contribution < -0.4 is 21.5 Å². The normalized spacial score (nSPS) is 12.4. The Hall–Kier alpha value is -2.43. The second kappa shape index (κ2) is 8.10. The van der Waals surface area contributed by atoms with Crippen molar-refractivity contribution < 1.29 is 18.0 Å². The molecule has 8 nitrogen and oxygen atoms in total. The zero-order valence-corrected chi connectivity index (χ0v) is 14.8. The van der Waals surface area contributed by atoms with Crippen LogP contribution in [-0.4, -0.2) is 20.4 Å². The zero-order valence-electron chi connectivity index (χ0n) is 13.1. The van der Waals surface area contributed by atoms with Crippen molar-refractivity contribution in [1.82, 2.24) is 10.6 Å². The molecule has 0 aliphatic rings. The lowest BCUT2D eigenvalue weighted by Gasteiger charge is -2.17. The molecular formula is C15H18N4O4S2. The zero-order chi connectivity index (χ0) is 18.4. The minimum absolute atomic E-state index is 0.000370. The van der Waals surface area contributed by atoms with E-state index in [9.17, 15) is 18.0 Å². The number of carbonyl (C=O) groups is 2. The van der Waals surface area contributed by atoms with Crippen molar-refractivity contribution in [2.45, 2.75) is 23.2 Å². The first-order valence-electron chi connectivity index (χ1n) is 7.25. The van der Waals surface area contributed by atoms with Crippen LogP contribution in [0.5, 0.6) is 0 Å². The van der Waals surface area contributed by atoms with Gasteiger partial charge in [0, 0.05) is 4.88 Å². The Labute approximate surface area is 149 Å². The van der Waals surface area contributed by atoms with E-state index in [1.54, 1.807) is 30.3 Å². The number of nitrogens with two attached hydrogens (primary N) is 2. The van der Waals surface area contributed by atoms with Gasteiger partial charge in [-0.25, -0.2) is 18.4 Å². The first-order chi connectivity index (χ1) is 11.8. The SMILES string of the molecule is NC(=O)NC(CC(=O)NCc1ccc(S(N)(=O)=O)s1)c1ccccc1. The van der Waals surface area contributed by atoms with Crippen LogP contribution in [0.2, 0.25) is 0 Å². The van der Waals surface area contributed by atoms with Gasteiger partial charge in [-0.3, -0.25) is 4.79 Å². The van der Waals surface area contributed by atoms with Crippen LogP contribution in [0.25, 0.3) is 0 Å². The molecule has 10 heteroatoms. The minimum Gasteiger partial charge on any atom is -0.352 e. The van der Waals surface area contributed by atoms with Crippen molar-refractivity contribution in [3.8, 4) is 0 Å². The lowest BCUT2D eigenvalue weighted by atomic mass is 10.0. The Morgan fingerprint density at radius 1 is 1.12 bits per heavy atom. The third kappa shape index (κ3) is 5.85. The molecule has 0 aliphatic carbocycles. The fourth-order valence-electron chi connectivity index (χ4n) is 2.16. The van der Waals surface area contributed by atoms with Gasteiger partial charge in [0.25, 0.3) is 0 Å². The van der Waals surface area contributed by atoms with Gasteiger partial charge >= 0.3 is 6.03 Å². The van der Waals surface area contributed by atoms with Crippen molar-refractivity contribution in [3.05, 3.63) is 52.9 Å². The Bertz CT molecular complexity index is 849. The lowest BCUT2D eigenvalue weighted by molar-refractivity contribution is -0.121. The van der Waals surface area contributed by atoms with Crippen LogP contribution in [0, 0.1) is 0 Å². The van der Waals surface area contributed by atoms with Gasteiger partial charge in [-0.2, -0.15) is 0 Å². The highest BCUT2D eigenvalue weighted by Gasteiger charge is 2.17. The summed E-state index contributed by atoms with van der Waals surface area (Å²) in [6.07, 6.45) is 0.000370. The highest BCUT2D eigenvalue weighted by molar-refractivity contribution is 7.91. The molecule has 1 aromatic carbocycles. The summed E-state index contributed by atoms with van der Waals surface area (Å²) in [5, 5.41) is 10.3. The van der Waals surface area contributed by atoms with Gasteiger partial charge in [-0.05, 0) is 17.7 Å². The molecule has 0 saturated carbocycles. The summed E-state index contributed by atoms with van der Waals surface area (Å²) in [4.78, 5) is 23.9. The van der Waals surface area contributed by atoms with E-state index < -0.39 is 22.1 Å². The maximum atomic E-state index is 12.1. The van der Waals surface area contributed by atoms with E-state index >= 15 is 0 Å². The fraction of sp³-hybridized carbons (Fsp3) is 0.200. The number of hydrogen-bond acceptors (Lipinski definition) is 5. The predicted octanol–water partition coefficient (Wildman–Crippen LogP) is 0.811. The van der Waals surface area contributed by atoms with Crippen molar-refractivity contribution in [1.29, 1.82) is 0 Å². The molecule has 1 atom stereocenters. The van der Waals surface area contributed by atoms with Crippen molar-refractivity contribution >= 4 is 33.3 Å². The molecule has 1 unspecified atom stereocenters. The summed E-state index contributed by atoms with van der Waals surface area (Å²) in [5.41, 5.74) is 5.92. The van der Waals surface area contributed by atoms with Gasteiger partial charge in [0.1, 0.15) is 4.21 Å². The first-order valence-corrected chi connectivity index (χ1v) is 9.61. The quantitative estimate of drug-likeness (QED) is 0.561. The van der Waals surface area contributed by atoms with Gasteiger partial charge in [-0.1, -0.05) is 30.3 Å². The van der Waals surface area contributed by atoms with E-state index in [-0.39, 0.29) is 23.1 Å². The maximum absolute atomic E-state index is 12.1. The molecule has 0 saturated heterocycles. The molecule has 0 radical (unpaired) electrons. The maximum Gasteiger partial charge on any atom is 0.312 e. The predicted molar refractivity (Wildman–Crippen MR) is 94.1 cm³/mol. The summed E-state index contributed by atoms with van der Waals surface area (Å²) in [6, 6.07) is 10.7. The smallest absolute Gasteiger partial charge is 0.312 e. The molecule has 0 aliphatic heterocycles. The molecule has 1 aromatic heterocycles. The average Bonchev–Trinajstić information content (AvgIpc) is 3.02. The monoisotopic (exact) mass is 382 g/mol. The van der Waals surface area contributed by atoms with Crippen LogP contribution in [0.3, 0.4) is 0 Å². The van der Waals surface area contributed by atoms with E-state index in [1.807, 2.05) is 6.07 Å². The number of rotatable bonds is 7. The van der Waals surface area contributed by atoms with E-state index in [0.29, 0.717) is 4.88 Å². The van der Waals surface area contributed by atoms with E-state index in [2.05, 4.69) is 10.6 Å². The van der Waals surface area contributed by atoms with Gasteiger partial charge in [0.15, 0.2) is 0 Å². The summed E-state index contributed by atoms with van der Waals surface area (Å²) in [6.45, 7) is 0.164. The topological polar surface area (TPSA) is 144 Å². The third-order valence-corrected chi connectivity index (χ3v) is 5.81. The molecule has 0 bridgehead atoms. The summed E-state index contributed by atoms with van der Waals surface area (Å²) >= 11 is 0.990. The van der Waals surface area contributed by atoms with Gasteiger partial charge < -0.3 is 16.4 Å². The largest absolute Gasteiger partial charge is 0.352 e. The van der Waals surface area contributed by atoms with Crippen LogP contribution in [0.4, 0.5) is 4.79 Å². The standard InChI is InChI=1S/C15H18N4O4S2/c16-15(21)19-12(10-4-2-1-3-5-10)8-13(20)18-9-11-6-7-14(24-11)25(17,22)23/h1-7,12H,8-9H2,(H,18,20)(H3,16,19,21)(H2,17,22,23). The minimum atomic E-state index is -3.74. The molecule has 25 heavy (non-hydrogen) atoms. The highest BCUT2D eigenvalue weighted by Crippen LogP contribution is 2.20. The number of sulfonamides is 1. The fourth-order valence-corrected chi connectivity index (χ4v) is 3.88. The number of nitrogens with one attached hydrogen (secondary N) is 2. The highest BCUT2D eigenvalue weighted by atomic mass is 32.2. The van der Waals surface area contributed by atoms with Crippen LogP contribution in [0.1, 0.15) is 22.9 Å². The van der Waals surface area contributed by atoms with Crippen molar-refractivity contribution in [2.75, 3.05) is 0 Å². The van der Waals surface area contributed by atoms with E-state index in [1.165, 1.54) is 6.07 Å². The van der Waals surface area contributed by atoms with Crippen LogP contribution in [-0.2, 0) is 21.4 Å². The summed E-state index contributed by atoms with van der Waals surface area (Å²) in [5.74, 6) is -0.312. The van der Waals surface area contributed by atoms with Crippen LogP contribution in [0.15, 0.2) is 46.7 Å². The molecule has 0 spiro atoms. The Balaban J connectivity index is 1.97. The number of hydrogen-bond donors (Lipinski definition) is 4. The number of amides is 3. The molecule has 134 valence electrons. The molecule has 0 fully saturated rings. The number of thiophene rings is 1. The van der Waals surface area contributed by atoms with Crippen molar-refractivity contribution in [2.24, 2.45) is 10.9 Å². The molecule has 1 heterocycles. The Morgan fingerprint density at radius 2 is 1.80 bits per heavy atom.